The Morgan fingerprint density at radius 2 is 0.826 bits per heavy atom. The first-order chi connectivity index (χ1) is 41.3. The van der Waals surface area contributed by atoms with Gasteiger partial charge in [-0.15, -0.1) is 0 Å². The fourth-order valence-electron chi connectivity index (χ4n) is 7.65. The number of amides is 4. The van der Waals surface area contributed by atoms with E-state index in [1.807, 2.05) is 132 Å². The van der Waals surface area contributed by atoms with Gasteiger partial charge in [0.05, 0.1) is 25.3 Å². The van der Waals surface area contributed by atoms with E-state index in [0.29, 0.717) is 104 Å². The highest BCUT2D eigenvalue weighted by molar-refractivity contribution is 6.61. The number of carbonyl (C=O) groups excluding carboxylic acids is 3. The molecule has 0 unspecified atom stereocenters. The van der Waals surface area contributed by atoms with Gasteiger partial charge in [-0.2, -0.15) is 0 Å². The van der Waals surface area contributed by atoms with Crippen LogP contribution in [0.5, 0.6) is 0 Å². The van der Waals surface area contributed by atoms with Crippen LogP contribution >= 0.6 is 0 Å². The number of benzene rings is 3. The average molecular weight is 1290 g/mol. The molecule has 0 aromatic heterocycles. The largest absolute Gasteiger partial charge is 0.500 e. The van der Waals surface area contributed by atoms with E-state index in [1.54, 1.807) is 19.2 Å². The molecular formula is C59H109N5O18Si4. The number of urea groups is 1. The van der Waals surface area contributed by atoms with Crippen LogP contribution < -0.4 is 26.6 Å². The topological polar surface area (TPSA) is 269 Å². The number of aromatic carboxylic acids is 1. The first-order valence-corrected chi connectivity index (χ1v) is 37.4. The van der Waals surface area contributed by atoms with Gasteiger partial charge in [0.25, 0.3) is 5.91 Å². The van der Waals surface area contributed by atoms with E-state index in [9.17, 15) is 19.2 Å². The summed E-state index contributed by atoms with van der Waals surface area (Å²) in [6, 6.07) is 28.8. The molecular weight excluding hydrogens is 1180 g/mol. The van der Waals surface area contributed by atoms with Gasteiger partial charge in [0.2, 0.25) is 0 Å². The van der Waals surface area contributed by atoms with Gasteiger partial charge in [-0.3, -0.25) is 4.79 Å². The van der Waals surface area contributed by atoms with E-state index in [-0.39, 0.29) is 26.9 Å². The zero-order chi connectivity index (χ0) is 64.8. The molecule has 0 aliphatic heterocycles. The molecule has 0 aliphatic carbocycles. The molecule has 3 aromatic carbocycles. The monoisotopic (exact) mass is 1290 g/mol. The fraction of sp³-hybridized carbons (Fsp3) is 0.627. The number of hydrogen-bond acceptors (Lipinski definition) is 18. The predicted octanol–water partition coefficient (Wildman–Crippen LogP) is 10.6. The number of rotatable bonds is 40. The van der Waals surface area contributed by atoms with Gasteiger partial charge in [0.1, 0.15) is 5.60 Å². The molecule has 23 nitrogen and oxygen atoms in total. The van der Waals surface area contributed by atoms with Crippen molar-refractivity contribution in [3.63, 3.8) is 0 Å². The average Bonchev–Trinajstić information content (AvgIpc) is 3.57. The number of nitrogens with one attached hydrogen (secondary N) is 5. The Hall–Kier alpha value is -4.67. The molecule has 3 aromatic rings. The number of para-hydroxylation sites is 2. The van der Waals surface area contributed by atoms with Crippen molar-refractivity contribution in [2.24, 2.45) is 0 Å². The summed E-state index contributed by atoms with van der Waals surface area (Å²) < 4.78 is 62.1. The molecule has 0 saturated carbocycles. The van der Waals surface area contributed by atoms with Gasteiger partial charge >= 0.3 is 44.5 Å². The van der Waals surface area contributed by atoms with Gasteiger partial charge in [-0.25, -0.2) is 24.2 Å². The summed E-state index contributed by atoms with van der Waals surface area (Å²) >= 11 is 0. The predicted molar refractivity (Wildman–Crippen MR) is 348 cm³/mol. The highest BCUT2D eigenvalue weighted by atomic mass is 28.4. The third kappa shape index (κ3) is 42.3. The third-order valence-electron chi connectivity index (χ3n) is 11.0. The quantitative estimate of drug-likeness (QED) is 0.0134. The molecule has 0 spiro atoms. The lowest BCUT2D eigenvalue weighted by atomic mass is 10.1. The van der Waals surface area contributed by atoms with Crippen LogP contribution in [-0.4, -0.2) is 178 Å². The van der Waals surface area contributed by atoms with Crippen molar-refractivity contribution >= 4 is 71.6 Å². The second-order valence-electron chi connectivity index (χ2n) is 18.9. The summed E-state index contributed by atoms with van der Waals surface area (Å²) in [6.07, 6.45) is 2.90. The first kappa shape index (κ1) is 83.4. The lowest BCUT2D eigenvalue weighted by Gasteiger charge is -2.28. The highest BCUT2D eigenvalue weighted by Crippen LogP contribution is 2.21. The van der Waals surface area contributed by atoms with Crippen LogP contribution in [0.25, 0.3) is 0 Å². The minimum atomic E-state index is -2.72. The Morgan fingerprint density at radius 3 is 1.19 bits per heavy atom. The fourth-order valence-corrected chi connectivity index (χ4v) is 16.2. The molecule has 27 heteroatoms. The van der Waals surface area contributed by atoms with Gasteiger partial charge in [-0.1, -0.05) is 48.5 Å². The van der Waals surface area contributed by atoms with Crippen molar-refractivity contribution in [3.05, 3.63) is 96.1 Å². The summed E-state index contributed by atoms with van der Waals surface area (Å²) in [7, 11) is -3.44. The van der Waals surface area contributed by atoms with Gasteiger partial charge in [-0.05, 0) is 151 Å². The lowest BCUT2D eigenvalue weighted by molar-refractivity contribution is -0.248. The zero-order valence-corrected chi connectivity index (χ0v) is 58.9. The highest BCUT2D eigenvalue weighted by Gasteiger charge is 2.41. The number of anilines is 2. The van der Waals surface area contributed by atoms with Gasteiger partial charge in [0.15, 0.2) is 9.76 Å². The van der Waals surface area contributed by atoms with Crippen LogP contribution in [-0.2, 0) is 58.8 Å². The van der Waals surface area contributed by atoms with Gasteiger partial charge in [0, 0.05) is 122 Å². The summed E-state index contributed by atoms with van der Waals surface area (Å²) in [5.74, 6) is -1.53. The van der Waals surface area contributed by atoms with E-state index in [2.05, 4.69) is 48.5 Å². The van der Waals surface area contributed by atoms with Crippen molar-refractivity contribution in [2.45, 2.75) is 139 Å². The van der Waals surface area contributed by atoms with Crippen LogP contribution in [0.2, 0.25) is 24.2 Å². The Bertz CT molecular complexity index is 2070. The molecule has 4 amide bonds. The summed E-state index contributed by atoms with van der Waals surface area (Å²) in [5, 5.41) is 23.6. The van der Waals surface area contributed by atoms with Crippen LogP contribution in [0, 0.1) is 0 Å². The summed E-state index contributed by atoms with van der Waals surface area (Å²) in [6.45, 7) is 30.2. The van der Waals surface area contributed by atoms with Crippen molar-refractivity contribution in [1.82, 2.24) is 16.0 Å². The van der Waals surface area contributed by atoms with E-state index in [1.165, 1.54) is 44.5 Å². The molecule has 0 radical (unpaired) electrons. The SMILES string of the molecule is CCO[Si](CCCNC(=O)Nc1ccccc1)(OCC)OCC.CCO[Si](CCCNC(=O)OC(C)(C)C)(OCC)OCC.CCO[Si](CCCNC(=O)c1ccccc1C(=O)O)(OCC)OCC.COOC.CO[SiH2]CCCNc1ccccc1. The number of carbonyl (C=O) groups is 4. The van der Waals surface area contributed by atoms with Crippen LogP contribution in [0.3, 0.4) is 0 Å². The lowest BCUT2D eigenvalue weighted by Crippen LogP contribution is -2.46. The number of carboxylic acid groups (broad SMARTS) is 1. The molecule has 6 N–H and O–H groups in total. The molecule has 0 saturated heterocycles. The maximum absolute atomic E-state index is 12.2. The van der Waals surface area contributed by atoms with E-state index < -0.39 is 50.0 Å². The van der Waals surface area contributed by atoms with E-state index in [0.717, 1.165) is 25.1 Å². The summed E-state index contributed by atoms with van der Waals surface area (Å²) in [4.78, 5) is 54.8. The molecule has 494 valence electrons. The van der Waals surface area contributed by atoms with Crippen LogP contribution in [0.15, 0.2) is 84.9 Å². The van der Waals surface area contributed by atoms with Gasteiger partial charge < -0.3 is 80.7 Å². The smallest absolute Gasteiger partial charge is 0.478 e. The van der Waals surface area contributed by atoms with Crippen molar-refractivity contribution in [3.8, 4) is 0 Å². The Balaban J connectivity index is 0. The molecule has 3 rings (SSSR count). The normalized spacial score (nSPS) is 11.3. The first-order valence-electron chi connectivity index (χ1n) is 30.1. The molecule has 0 atom stereocenters. The standard InChI is InChI=1S/C17H27NO6Si.C16H28N2O4Si.C14H31NO5Si.C10H17NOSi.C2H6O2/c1-4-22-25(23-5-2,24-6-3)13-9-12-18-16(19)14-10-7-8-11-15(14)17(20)21;1-4-20-23(21-5-2,22-6-3)14-10-13-17-16(19)18-15-11-8-7-9-12-15;1-7-17-21(18-8-2,19-9-3)12-10-11-15-13(16)20-14(4,5)6;1-12-13-9-5-8-11-10-6-3-2-4-7-10;1-3-4-2/h7-8,10-11H,4-6,9,12-13H2,1-3H3,(H,18,19)(H,20,21);7-9,11-12H,4-6,10,13-14H2,1-3H3,(H2,17,18,19);7-12H2,1-6H3,(H,15,16);2-4,6-7,11H,5,8-9,13H2,1H3;1-2H3. The van der Waals surface area contributed by atoms with Crippen molar-refractivity contribution < 1.29 is 83.1 Å². The molecule has 0 fully saturated rings. The summed E-state index contributed by atoms with van der Waals surface area (Å²) in [5.41, 5.74) is 1.64. The molecule has 86 heavy (non-hydrogen) atoms. The van der Waals surface area contributed by atoms with Crippen molar-refractivity contribution in [2.75, 3.05) is 118 Å². The third-order valence-corrected chi connectivity index (χ3v) is 21.6. The maximum atomic E-state index is 12.2. The van der Waals surface area contributed by atoms with Crippen LogP contribution in [0.4, 0.5) is 21.0 Å². The second kappa shape index (κ2) is 53.4. The molecule has 0 bridgehead atoms. The van der Waals surface area contributed by atoms with Crippen LogP contribution in [0.1, 0.15) is 129 Å². The minimum absolute atomic E-state index is 0.0123. The molecule has 0 heterocycles. The zero-order valence-electron chi connectivity index (χ0n) is 54.5. The Labute approximate surface area is 520 Å². The van der Waals surface area contributed by atoms with E-state index >= 15 is 0 Å². The Morgan fingerprint density at radius 1 is 0.465 bits per heavy atom. The number of ether oxygens (including phenoxy) is 1. The minimum Gasteiger partial charge on any atom is -0.478 e. The van der Waals surface area contributed by atoms with E-state index in [4.69, 9.17) is 54.1 Å². The second-order valence-corrected chi connectivity index (χ2v) is 28.8. The number of carboxylic acids is 1. The van der Waals surface area contributed by atoms with Crippen molar-refractivity contribution in [1.29, 1.82) is 0 Å². The number of alkyl carbamates (subject to hydrolysis) is 1. The Kier molecular flexibility index (Phi) is 51.7. The maximum Gasteiger partial charge on any atom is 0.500 e. The number of hydrogen-bond donors (Lipinski definition) is 6. The molecule has 0 aliphatic rings.